The lowest BCUT2D eigenvalue weighted by Crippen LogP contribution is -2.38. The van der Waals surface area contributed by atoms with E-state index in [0.717, 1.165) is 13.0 Å². The summed E-state index contributed by atoms with van der Waals surface area (Å²) in [4.78, 5) is 0. The molecule has 3 aromatic rings. The number of unbranched alkanes of at least 4 members (excludes halogenated alkanes) is 18. The van der Waals surface area contributed by atoms with Gasteiger partial charge in [0.25, 0.3) is 0 Å². The van der Waals surface area contributed by atoms with Gasteiger partial charge in [0.1, 0.15) is 18.4 Å². The third-order valence-corrected chi connectivity index (χ3v) is 10.3. The van der Waals surface area contributed by atoms with E-state index in [0.29, 0.717) is 6.04 Å². The molecule has 0 spiro atoms. The van der Waals surface area contributed by atoms with Crippen molar-refractivity contribution in [1.82, 2.24) is 4.57 Å². The number of nitrogens with zero attached hydrogens (tertiary/aromatic N) is 2. The van der Waals surface area contributed by atoms with Crippen molar-refractivity contribution in [2.24, 2.45) is 0 Å². The van der Waals surface area contributed by atoms with Gasteiger partial charge in [-0.15, -0.1) is 0 Å². The molecule has 0 aliphatic heterocycles. The van der Waals surface area contributed by atoms with Crippen LogP contribution in [-0.4, -0.2) is 4.57 Å². The van der Waals surface area contributed by atoms with Gasteiger partial charge in [0, 0.05) is 5.41 Å². The van der Waals surface area contributed by atoms with Gasteiger partial charge < -0.3 is 0 Å². The summed E-state index contributed by atoms with van der Waals surface area (Å²) in [6, 6.07) is 23.0. The minimum atomic E-state index is 0.00979. The van der Waals surface area contributed by atoms with Crippen molar-refractivity contribution in [2.75, 3.05) is 0 Å². The van der Waals surface area contributed by atoms with Crippen molar-refractivity contribution in [3.05, 3.63) is 90.5 Å². The van der Waals surface area contributed by atoms with E-state index in [4.69, 9.17) is 0 Å². The fraction of sp³-hybridized carbons (Fsp3) is 0.651. The zero-order chi connectivity index (χ0) is 31.8. The van der Waals surface area contributed by atoms with Crippen LogP contribution < -0.4 is 4.57 Å². The number of hydrogen-bond acceptors (Lipinski definition) is 0. The summed E-state index contributed by atoms with van der Waals surface area (Å²) >= 11 is 0. The monoisotopic (exact) mass is 614 g/mol. The Hall–Kier alpha value is -2.35. The second kappa shape index (κ2) is 23.0. The molecule has 2 heteroatoms. The lowest BCUT2D eigenvalue weighted by atomic mass is 9.70. The van der Waals surface area contributed by atoms with Crippen molar-refractivity contribution >= 4 is 0 Å². The Morgan fingerprint density at radius 1 is 0.578 bits per heavy atom. The number of hydrogen-bond donors (Lipinski definition) is 0. The van der Waals surface area contributed by atoms with Gasteiger partial charge in [-0.3, -0.25) is 0 Å². The van der Waals surface area contributed by atoms with E-state index < -0.39 is 0 Å². The second-order valence-electron chi connectivity index (χ2n) is 14.2. The second-order valence-corrected chi connectivity index (χ2v) is 14.2. The molecule has 2 nitrogen and oxygen atoms in total. The molecular weight excluding hydrogens is 544 g/mol. The van der Waals surface area contributed by atoms with E-state index in [1.54, 1.807) is 0 Å². The Bertz CT molecular complexity index is 1090. The quantitative estimate of drug-likeness (QED) is 0.0597. The van der Waals surface area contributed by atoms with Crippen LogP contribution in [0.5, 0.6) is 0 Å². The van der Waals surface area contributed by atoms with E-state index >= 15 is 0 Å². The molecular formula is C43H69N2+. The zero-order valence-corrected chi connectivity index (χ0v) is 29.7. The average molecular weight is 614 g/mol. The first-order valence-electron chi connectivity index (χ1n) is 19.3. The molecule has 0 saturated carbocycles. The van der Waals surface area contributed by atoms with E-state index in [9.17, 15) is 0 Å². The molecule has 0 fully saturated rings. The maximum Gasteiger partial charge on any atom is 0.244 e. The predicted octanol–water partition coefficient (Wildman–Crippen LogP) is 12.7. The van der Waals surface area contributed by atoms with Crippen LogP contribution in [0.15, 0.2) is 79.4 Å². The van der Waals surface area contributed by atoms with E-state index in [2.05, 4.69) is 109 Å². The summed E-state index contributed by atoms with van der Waals surface area (Å²) in [5.74, 6) is 0. The number of benzene rings is 2. The van der Waals surface area contributed by atoms with Crippen molar-refractivity contribution in [3.8, 4) is 0 Å². The maximum absolute atomic E-state index is 2.58. The molecule has 1 aromatic heterocycles. The maximum atomic E-state index is 2.58. The van der Waals surface area contributed by atoms with E-state index in [1.807, 2.05) is 0 Å². The Labute approximate surface area is 279 Å². The summed E-state index contributed by atoms with van der Waals surface area (Å²) in [6.07, 6.45) is 37.2. The SMILES string of the molecule is CCCCCCCCCCCCCCCC(n1cc[n+](CCCCCCCCC)c1)C(C)(Cc1ccccc1)c1ccccc1. The van der Waals surface area contributed by atoms with Gasteiger partial charge in [-0.2, -0.15) is 0 Å². The smallest absolute Gasteiger partial charge is 0.237 e. The number of aryl methyl sites for hydroxylation is 1. The third-order valence-electron chi connectivity index (χ3n) is 10.3. The molecule has 0 bridgehead atoms. The molecule has 0 radical (unpaired) electrons. The molecule has 0 aliphatic carbocycles. The molecule has 0 N–H and O–H groups in total. The van der Waals surface area contributed by atoms with Crippen LogP contribution in [0.25, 0.3) is 0 Å². The largest absolute Gasteiger partial charge is 0.244 e. The zero-order valence-electron chi connectivity index (χ0n) is 29.7. The Morgan fingerprint density at radius 2 is 1.04 bits per heavy atom. The molecule has 3 rings (SSSR count). The highest BCUT2D eigenvalue weighted by Gasteiger charge is 2.40. The summed E-state index contributed by atoms with van der Waals surface area (Å²) in [5.41, 5.74) is 2.90. The first-order chi connectivity index (χ1) is 22.2. The standard InChI is InChI=1S/C43H69N2/c1-4-6-8-10-12-13-14-15-16-17-18-20-28-34-42(45-37-36-44(39-45)35-29-21-19-11-9-7-5-2)43(3,41-32-26-23-27-33-41)38-40-30-24-22-25-31-40/h22-27,30-33,36-37,39,42H,4-21,28-29,34-35,38H2,1-3H3/q+1. The highest BCUT2D eigenvalue weighted by molar-refractivity contribution is 5.30. The van der Waals surface area contributed by atoms with Gasteiger partial charge in [0.2, 0.25) is 6.33 Å². The van der Waals surface area contributed by atoms with Crippen molar-refractivity contribution in [1.29, 1.82) is 0 Å². The van der Waals surface area contributed by atoms with Crippen LogP contribution in [0.1, 0.15) is 173 Å². The Kier molecular flexibility index (Phi) is 19.0. The van der Waals surface area contributed by atoms with Gasteiger partial charge in [0.15, 0.2) is 0 Å². The van der Waals surface area contributed by atoms with Crippen LogP contribution in [0.2, 0.25) is 0 Å². The van der Waals surface area contributed by atoms with Crippen LogP contribution in [-0.2, 0) is 18.4 Å². The van der Waals surface area contributed by atoms with Gasteiger partial charge in [0.05, 0.1) is 6.54 Å². The summed E-state index contributed by atoms with van der Waals surface area (Å²) in [5, 5.41) is 0. The lowest BCUT2D eigenvalue weighted by molar-refractivity contribution is -0.697. The van der Waals surface area contributed by atoms with Crippen LogP contribution >= 0.6 is 0 Å². The van der Waals surface area contributed by atoms with E-state index in [1.165, 1.54) is 146 Å². The van der Waals surface area contributed by atoms with Crippen molar-refractivity contribution < 1.29 is 4.57 Å². The first-order valence-corrected chi connectivity index (χ1v) is 19.3. The van der Waals surface area contributed by atoms with Crippen LogP contribution in [0.4, 0.5) is 0 Å². The van der Waals surface area contributed by atoms with Gasteiger partial charge in [-0.1, -0.05) is 191 Å². The van der Waals surface area contributed by atoms with Gasteiger partial charge in [-0.25, -0.2) is 9.13 Å². The highest BCUT2D eigenvalue weighted by atomic mass is 15.1. The summed E-state index contributed by atoms with van der Waals surface area (Å²) in [6.45, 7) is 8.27. The Morgan fingerprint density at radius 3 is 1.58 bits per heavy atom. The Balaban J connectivity index is 1.60. The first kappa shape index (κ1) is 37.1. The topological polar surface area (TPSA) is 8.81 Å². The van der Waals surface area contributed by atoms with E-state index in [-0.39, 0.29) is 5.41 Å². The molecule has 45 heavy (non-hydrogen) atoms. The summed E-state index contributed by atoms with van der Waals surface area (Å²) < 4.78 is 5.04. The molecule has 2 aromatic carbocycles. The fourth-order valence-corrected chi connectivity index (χ4v) is 7.38. The third kappa shape index (κ3) is 14.3. The fourth-order valence-electron chi connectivity index (χ4n) is 7.38. The molecule has 1 heterocycles. The van der Waals surface area contributed by atoms with Gasteiger partial charge >= 0.3 is 0 Å². The molecule has 2 atom stereocenters. The molecule has 0 saturated heterocycles. The van der Waals surface area contributed by atoms with Crippen LogP contribution in [0, 0.1) is 0 Å². The number of aromatic nitrogens is 2. The molecule has 250 valence electrons. The highest BCUT2D eigenvalue weighted by Crippen LogP contribution is 2.41. The number of imidazole rings is 1. The minimum absolute atomic E-state index is 0.00979. The molecule has 2 unspecified atom stereocenters. The van der Waals surface area contributed by atoms with Crippen molar-refractivity contribution in [2.45, 2.75) is 180 Å². The van der Waals surface area contributed by atoms with Crippen LogP contribution in [0.3, 0.4) is 0 Å². The molecule has 0 aliphatic rings. The summed E-state index contributed by atoms with van der Waals surface area (Å²) in [7, 11) is 0. The average Bonchev–Trinajstić information content (AvgIpc) is 3.53. The van der Waals surface area contributed by atoms with Gasteiger partial charge in [-0.05, 0) is 43.2 Å². The van der Waals surface area contributed by atoms with Crippen molar-refractivity contribution in [3.63, 3.8) is 0 Å². The predicted molar refractivity (Wildman–Crippen MR) is 196 cm³/mol. The normalized spacial score (nSPS) is 13.6. The lowest BCUT2D eigenvalue weighted by Gasteiger charge is -2.37. The number of rotatable bonds is 27. The minimum Gasteiger partial charge on any atom is -0.237 e. The molecule has 0 amide bonds.